The zero-order valence-electron chi connectivity index (χ0n) is 29.9. The smallest absolute Gasteiger partial charge is 0.338 e. The molecule has 0 heterocycles. The molecule has 7 aromatic carbocycles. The number of anilines is 1. The second-order valence-electron chi connectivity index (χ2n) is 12.7. The summed E-state index contributed by atoms with van der Waals surface area (Å²) in [7, 11) is 0. The van der Waals surface area contributed by atoms with E-state index < -0.39 is 0 Å². The third-order valence-electron chi connectivity index (χ3n) is 9.02. The van der Waals surface area contributed by atoms with Crippen LogP contribution in [-0.2, 0) is 4.74 Å². The Hall–Kier alpha value is -6.61. The van der Waals surface area contributed by atoms with Crippen LogP contribution in [0.1, 0.15) is 44.0 Å². The summed E-state index contributed by atoms with van der Waals surface area (Å²) in [6.07, 6.45) is 1.81. The lowest BCUT2D eigenvalue weighted by molar-refractivity contribution is 0.0505. The van der Waals surface area contributed by atoms with Crippen molar-refractivity contribution in [2.45, 2.75) is 39.7 Å². The lowest BCUT2D eigenvalue weighted by Crippen LogP contribution is -2.13. The fourth-order valence-electron chi connectivity index (χ4n) is 6.02. The molecule has 53 heavy (non-hydrogen) atoms. The Labute approximate surface area is 308 Å². The first kappa shape index (κ1) is 34.8. The number of azo groups is 3. The third kappa shape index (κ3) is 7.84. The number of fused-ring (bicyclic) bond motifs is 3. The molecule has 0 aliphatic heterocycles. The van der Waals surface area contributed by atoms with Gasteiger partial charge in [-0.1, -0.05) is 86.6 Å². The molecular weight excluding hydrogens is 659 g/mol. The molecule has 7 aromatic rings. The molecule has 1 atom stereocenters. The number of carbonyl (C=O) groups excluding carboxylic acids is 1. The van der Waals surface area contributed by atoms with Gasteiger partial charge in [0.2, 0.25) is 0 Å². The molecule has 0 saturated heterocycles. The lowest BCUT2D eigenvalue weighted by Gasteiger charge is -2.15. The first-order valence-corrected chi connectivity index (χ1v) is 17.9. The van der Waals surface area contributed by atoms with Gasteiger partial charge in [0.25, 0.3) is 0 Å². The molecule has 1 unspecified atom stereocenters. The number of carbonyl (C=O) groups is 1. The average molecular weight is 698 g/mol. The molecule has 0 aromatic heterocycles. The highest BCUT2D eigenvalue weighted by Gasteiger charge is 2.11. The Balaban J connectivity index is 1.14. The standard InChI is InChI=1S/C44H39N7O2/c1-4-28-53-44(52)30-18-20-31(21-19-30)46-47-39-24-25-41(35-15-9-8-14-34(35)39)50-51-43-27-26-42(36-16-10-11-17-37(36)43)49-48-40-23-22-38(45-29(3)5-2)32-12-6-7-13-33(32)40/h6-27,29,45H,4-5,28H2,1-3H3/b47-46+,49-48+,51-50+. The van der Waals surface area contributed by atoms with Crippen molar-refractivity contribution < 1.29 is 9.53 Å². The van der Waals surface area contributed by atoms with Gasteiger partial charge in [0, 0.05) is 44.0 Å². The maximum Gasteiger partial charge on any atom is 0.338 e. The minimum absolute atomic E-state index is 0.346. The molecule has 0 saturated carbocycles. The van der Waals surface area contributed by atoms with Gasteiger partial charge in [-0.2, -0.15) is 5.11 Å². The Bertz CT molecular complexity index is 2510. The molecule has 9 heteroatoms. The van der Waals surface area contributed by atoms with E-state index in [9.17, 15) is 4.79 Å². The minimum Gasteiger partial charge on any atom is -0.462 e. The molecule has 0 amide bonds. The highest BCUT2D eigenvalue weighted by molar-refractivity contribution is 6.02. The fraction of sp³-hybridized carbons (Fsp3) is 0.159. The summed E-state index contributed by atoms with van der Waals surface area (Å²) in [5.41, 5.74) is 5.88. The number of ether oxygens (including phenoxy) is 1. The molecule has 1 N–H and O–H groups in total. The van der Waals surface area contributed by atoms with Crippen molar-refractivity contribution in [3.63, 3.8) is 0 Å². The predicted octanol–water partition coefficient (Wildman–Crippen LogP) is 14.2. The molecular formula is C44H39N7O2. The summed E-state index contributed by atoms with van der Waals surface area (Å²) in [5.74, 6) is -0.346. The van der Waals surface area contributed by atoms with Crippen molar-refractivity contribution in [2.24, 2.45) is 30.7 Å². The summed E-state index contributed by atoms with van der Waals surface area (Å²) in [6.45, 7) is 6.71. The normalized spacial score (nSPS) is 12.4. The van der Waals surface area contributed by atoms with Gasteiger partial charge < -0.3 is 10.1 Å². The van der Waals surface area contributed by atoms with Crippen LogP contribution in [0.3, 0.4) is 0 Å². The fourth-order valence-corrected chi connectivity index (χ4v) is 6.02. The van der Waals surface area contributed by atoms with Crippen LogP contribution in [0.25, 0.3) is 32.3 Å². The van der Waals surface area contributed by atoms with E-state index in [0.29, 0.717) is 35.3 Å². The second kappa shape index (κ2) is 16.2. The number of nitrogens with one attached hydrogen (secondary N) is 1. The third-order valence-corrected chi connectivity index (χ3v) is 9.02. The molecule has 0 spiro atoms. The molecule has 0 fully saturated rings. The van der Waals surface area contributed by atoms with Crippen LogP contribution in [-0.4, -0.2) is 18.6 Å². The Kier molecular flexibility index (Phi) is 10.6. The van der Waals surface area contributed by atoms with E-state index in [-0.39, 0.29) is 5.97 Å². The molecule has 262 valence electrons. The maximum absolute atomic E-state index is 12.1. The van der Waals surface area contributed by atoms with Crippen molar-refractivity contribution in [2.75, 3.05) is 11.9 Å². The van der Waals surface area contributed by atoms with Gasteiger partial charge in [0.1, 0.15) is 0 Å². The molecule has 7 rings (SSSR count). The van der Waals surface area contributed by atoms with Crippen molar-refractivity contribution >= 4 is 78.1 Å². The maximum atomic E-state index is 12.1. The van der Waals surface area contributed by atoms with Gasteiger partial charge >= 0.3 is 5.97 Å². The first-order valence-electron chi connectivity index (χ1n) is 17.9. The monoisotopic (exact) mass is 697 g/mol. The minimum atomic E-state index is -0.346. The van der Waals surface area contributed by atoms with E-state index in [1.54, 1.807) is 24.3 Å². The van der Waals surface area contributed by atoms with E-state index in [4.69, 9.17) is 25.2 Å². The van der Waals surface area contributed by atoms with Crippen LogP contribution in [0.2, 0.25) is 0 Å². The van der Waals surface area contributed by atoms with Crippen LogP contribution < -0.4 is 5.32 Å². The van der Waals surface area contributed by atoms with Gasteiger partial charge in [-0.05, 0) is 80.4 Å². The van der Waals surface area contributed by atoms with Crippen LogP contribution in [0, 0.1) is 0 Å². The van der Waals surface area contributed by atoms with Crippen LogP contribution in [0.5, 0.6) is 0 Å². The Morgan fingerprint density at radius 3 is 1.36 bits per heavy atom. The van der Waals surface area contributed by atoms with Crippen LogP contribution >= 0.6 is 0 Å². The number of benzene rings is 7. The highest BCUT2D eigenvalue weighted by Crippen LogP contribution is 2.39. The zero-order valence-corrected chi connectivity index (χ0v) is 29.9. The highest BCUT2D eigenvalue weighted by atomic mass is 16.5. The lowest BCUT2D eigenvalue weighted by atomic mass is 10.1. The van der Waals surface area contributed by atoms with E-state index in [0.717, 1.165) is 67.9 Å². The van der Waals surface area contributed by atoms with Crippen molar-refractivity contribution in [1.29, 1.82) is 0 Å². The quantitative estimate of drug-likeness (QED) is 0.101. The number of nitrogens with zero attached hydrogens (tertiary/aromatic N) is 6. The Morgan fingerprint density at radius 2 is 0.925 bits per heavy atom. The molecule has 0 aliphatic rings. The number of rotatable bonds is 12. The van der Waals surface area contributed by atoms with E-state index >= 15 is 0 Å². The summed E-state index contributed by atoms with van der Waals surface area (Å²) in [4.78, 5) is 12.1. The van der Waals surface area contributed by atoms with Crippen molar-refractivity contribution in [1.82, 2.24) is 0 Å². The van der Waals surface area contributed by atoms with Gasteiger partial charge in [-0.25, -0.2) is 4.79 Å². The molecule has 0 radical (unpaired) electrons. The Morgan fingerprint density at radius 1 is 0.528 bits per heavy atom. The topological polar surface area (TPSA) is 112 Å². The second-order valence-corrected chi connectivity index (χ2v) is 12.7. The zero-order chi connectivity index (χ0) is 36.6. The predicted molar refractivity (Wildman–Crippen MR) is 215 cm³/mol. The molecule has 0 aliphatic carbocycles. The average Bonchev–Trinajstić information content (AvgIpc) is 3.21. The van der Waals surface area contributed by atoms with Crippen LogP contribution in [0.4, 0.5) is 39.8 Å². The van der Waals surface area contributed by atoms with Crippen LogP contribution in [0.15, 0.2) is 164 Å². The van der Waals surface area contributed by atoms with Gasteiger partial charge in [0.15, 0.2) is 0 Å². The van der Waals surface area contributed by atoms with E-state index in [1.165, 1.54) is 0 Å². The summed E-state index contributed by atoms with van der Waals surface area (Å²) >= 11 is 0. The first-order chi connectivity index (χ1) is 26.0. The summed E-state index contributed by atoms with van der Waals surface area (Å²) in [5, 5.41) is 37.2. The van der Waals surface area contributed by atoms with E-state index in [2.05, 4.69) is 47.6 Å². The van der Waals surface area contributed by atoms with Crippen molar-refractivity contribution in [3.05, 3.63) is 139 Å². The largest absolute Gasteiger partial charge is 0.462 e. The number of hydrogen-bond donors (Lipinski definition) is 1. The van der Waals surface area contributed by atoms with Gasteiger partial charge in [0.05, 0.1) is 46.3 Å². The summed E-state index contributed by atoms with van der Waals surface area (Å²) < 4.78 is 5.21. The summed E-state index contributed by atoms with van der Waals surface area (Å²) in [6, 6.07) is 43.2. The molecule has 0 bridgehead atoms. The number of esters is 1. The SMILES string of the molecule is CCCOC(=O)c1ccc(/N=N/c2ccc(/N=N/c3ccc(/N=N/c4ccc(NC(C)CC)c5ccccc45)c4ccccc34)c3ccccc23)cc1. The molecule has 9 nitrogen and oxygen atoms in total. The van der Waals surface area contributed by atoms with Crippen molar-refractivity contribution in [3.8, 4) is 0 Å². The van der Waals surface area contributed by atoms with E-state index in [1.807, 2.05) is 97.9 Å². The van der Waals surface area contributed by atoms with Gasteiger partial charge in [-0.3, -0.25) is 0 Å². The van der Waals surface area contributed by atoms with Gasteiger partial charge in [-0.15, -0.1) is 25.6 Å². The number of hydrogen-bond acceptors (Lipinski definition) is 9.